The molecule has 0 unspecified atom stereocenters. The Morgan fingerprint density at radius 2 is 1.54 bits per heavy atom. The Kier molecular flexibility index (Phi) is 9.03. The first-order valence-corrected chi connectivity index (χ1v) is 13.1. The molecule has 4 rings (SSSR count). The van der Waals surface area contributed by atoms with E-state index in [4.69, 9.17) is 11.6 Å². The number of carbonyl (C=O) groups is 3. The van der Waals surface area contributed by atoms with Gasteiger partial charge in [0, 0.05) is 43.6 Å². The van der Waals surface area contributed by atoms with Crippen LogP contribution in [0.4, 0.5) is 26.2 Å². The number of halogens is 2. The van der Waals surface area contributed by atoms with Gasteiger partial charge in [0.25, 0.3) is 5.91 Å². The predicted octanol–water partition coefficient (Wildman–Crippen LogP) is 5.32. The number of hydrogen-bond donors (Lipinski definition) is 2. The molecule has 10 heteroatoms. The van der Waals surface area contributed by atoms with Crippen LogP contribution in [-0.4, -0.2) is 66.4 Å². The van der Waals surface area contributed by atoms with Crippen molar-refractivity contribution in [2.75, 3.05) is 48.3 Å². The third kappa shape index (κ3) is 7.06. The fourth-order valence-electron chi connectivity index (χ4n) is 4.31. The zero-order chi connectivity index (χ0) is 27.9. The maximum atomic E-state index is 13.8. The summed E-state index contributed by atoms with van der Waals surface area (Å²) in [5.74, 6) is -1.09. The number of carbonyl (C=O) groups excluding carboxylic acids is 3. The van der Waals surface area contributed by atoms with Gasteiger partial charge in [-0.1, -0.05) is 35.9 Å². The standard InChI is InChI=1S/C29H31ClFN5O3/c1-20(2)36(28(38)23-7-3-4-8-24(23)30)19-27(37)32-21-11-13-22(14-12-21)34-15-17-35(18-16-34)29(39)33-26-10-6-5-9-25(26)31/h3-14,20H,15-19H2,1-2H3,(H,32,37)(H,33,39). The summed E-state index contributed by atoms with van der Waals surface area (Å²) >= 11 is 6.19. The van der Waals surface area contributed by atoms with E-state index in [1.165, 1.54) is 17.0 Å². The SMILES string of the molecule is CC(C)N(CC(=O)Nc1ccc(N2CCN(C(=O)Nc3ccccc3F)CC2)cc1)C(=O)c1ccccc1Cl. The molecule has 8 nitrogen and oxygen atoms in total. The second-order valence-electron chi connectivity index (χ2n) is 9.49. The molecule has 204 valence electrons. The van der Waals surface area contributed by atoms with Gasteiger partial charge >= 0.3 is 6.03 Å². The van der Waals surface area contributed by atoms with Gasteiger partial charge in [-0.05, 0) is 62.4 Å². The van der Waals surface area contributed by atoms with Crippen LogP contribution in [0.15, 0.2) is 72.8 Å². The molecule has 2 N–H and O–H groups in total. The van der Waals surface area contributed by atoms with Crippen LogP contribution in [-0.2, 0) is 4.79 Å². The molecule has 1 fully saturated rings. The second-order valence-corrected chi connectivity index (χ2v) is 9.89. The van der Waals surface area contributed by atoms with Crippen molar-refractivity contribution < 1.29 is 18.8 Å². The topological polar surface area (TPSA) is 85.0 Å². The molecular weight excluding hydrogens is 521 g/mol. The average molecular weight is 552 g/mol. The predicted molar refractivity (Wildman–Crippen MR) is 152 cm³/mol. The van der Waals surface area contributed by atoms with Crippen LogP contribution in [0.5, 0.6) is 0 Å². The van der Waals surface area contributed by atoms with Gasteiger partial charge in [-0.2, -0.15) is 0 Å². The lowest BCUT2D eigenvalue weighted by Crippen LogP contribution is -2.50. The lowest BCUT2D eigenvalue weighted by atomic mass is 10.1. The zero-order valence-corrected chi connectivity index (χ0v) is 22.6. The number of nitrogens with zero attached hydrogens (tertiary/aromatic N) is 3. The highest BCUT2D eigenvalue weighted by Gasteiger charge is 2.24. The van der Waals surface area contributed by atoms with Crippen LogP contribution in [0.1, 0.15) is 24.2 Å². The van der Waals surface area contributed by atoms with E-state index >= 15 is 0 Å². The summed E-state index contributed by atoms with van der Waals surface area (Å²) in [6.07, 6.45) is 0. The van der Waals surface area contributed by atoms with E-state index in [-0.39, 0.29) is 36.1 Å². The van der Waals surface area contributed by atoms with Gasteiger partial charge in [0.15, 0.2) is 0 Å². The summed E-state index contributed by atoms with van der Waals surface area (Å²) in [6.45, 7) is 5.79. The van der Waals surface area contributed by atoms with E-state index in [1.807, 2.05) is 26.0 Å². The fourth-order valence-corrected chi connectivity index (χ4v) is 4.53. The molecule has 0 spiro atoms. The van der Waals surface area contributed by atoms with Gasteiger partial charge in [-0.25, -0.2) is 9.18 Å². The molecule has 3 aromatic carbocycles. The average Bonchev–Trinajstić information content (AvgIpc) is 2.93. The van der Waals surface area contributed by atoms with Crippen LogP contribution in [0.3, 0.4) is 0 Å². The summed E-state index contributed by atoms with van der Waals surface area (Å²) in [4.78, 5) is 43.6. The monoisotopic (exact) mass is 551 g/mol. The first kappa shape index (κ1) is 27.9. The minimum atomic E-state index is -0.472. The van der Waals surface area contributed by atoms with Crippen molar-refractivity contribution in [3.05, 3.63) is 89.2 Å². The number of hydrogen-bond acceptors (Lipinski definition) is 4. The Labute approximate surface area is 232 Å². The molecule has 0 aromatic heterocycles. The van der Waals surface area contributed by atoms with E-state index in [1.54, 1.807) is 53.4 Å². The highest BCUT2D eigenvalue weighted by molar-refractivity contribution is 6.33. The number of amides is 4. The Morgan fingerprint density at radius 1 is 0.897 bits per heavy atom. The summed E-state index contributed by atoms with van der Waals surface area (Å²) in [5, 5.41) is 5.82. The molecule has 1 aliphatic heterocycles. The molecule has 3 aromatic rings. The minimum absolute atomic E-state index is 0.111. The summed E-state index contributed by atoms with van der Waals surface area (Å²) < 4.78 is 13.8. The third-order valence-corrected chi connectivity index (χ3v) is 6.83. The van der Waals surface area contributed by atoms with Crippen molar-refractivity contribution in [1.29, 1.82) is 0 Å². The molecule has 1 aliphatic rings. The highest BCUT2D eigenvalue weighted by Crippen LogP contribution is 2.22. The molecule has 0 bridgehead atoms. The molecular formula is C29H31ClFN5O3. The smallest absolute Gasteiger partial charge is 0.322 e. The Hall–Kier alpha value is -4.11. The summed E-state index contributed by atoms with van der Waals surface area (Å²) in [5.41, 5.74) is 2.09. The van der Waals surface area contributed by atoms with Crippen molar-refractivity contribution in [1.82, 2.24) is 9.80 Å². The normalized spacial score (nSPS) is 13.3. The van der Waals surface area contributed by atoms with Crippen molar-refractivity contribution in [2.24, 2.45) is 0 Å². The molecule has 0 radical (unpaired) electrons. The number of piperazine rings is 1. The first-order valence-electron chi connectivity index (χ1n) is 12.7. The van der Waals surface area contributed by atoms with Gasteiger partial charge in [0.05, 0.1) is 16.3 Å². The minimum Gasteiger partial charge on any atom is -0.368 e. The molecule has 0 atom stereocenters. The quantitative estimate of drug-likeness (QED) is 0.416. The van der Waals surface area contributed by atoms with Crippen LogP contribution < -0.4 is 15.5 Å². The van der Waals surface area contributed by atoms with Crippen molar-refractivity contribution in [3.8, 4) is 0 Å². The Balaban J connectivity index is 1.29. The molecule has 1 saturated heterocycles. The van der Waals surface area contributed by atoms with Gasteiger partial charge in [-0.3, -0.25) is 9.59 Å². The van der Waals surface area contributed by atoms with Crippen LogP contribution in [0.25, 0.3) is 0 Å². The van der Waals surface area contributed by atoms with E-state index in [0.29, 0.717) is 42.5 Å². The lowest BCUT2D eigenvalue weighted by molar-refractivity contribution is -0.117. The maximum Gasteiger partial charge on any atom is 0.322 e. The number of anilines is 3. The van der Waals surface area contributed by atoms with E-state index < -0.39 is 5.82 Å². The Bertz CT molecular complexity index is 1330. The highest BCUT2D eigenvalue weighted by atomic mass is 35.5. The molecule has 1 heterocycles. The van der Waals surface area contributed by atoms with E-state index in [2.05, 4.69) is 15.5 Å². The van der Waals surface area contributed by atoms with Crippen molar-refractivity contribution in [3.63, 3.8) is 0 Å². The van der Waals surface area contributed by atoms with Crippen LogP contribution in [0.2, 0.25) is 5.02 Å². The van der Waals surface area contributed by atoms with Gasteiger partial charge in [-0.15, -0.1) is 0 Å². The fraction of sp³-hybridized carbons (Fsp3) is 0.276. The van der Waals surface area contributed by atoms with Gasteiger partial charge in [0.1, 0.15) is 12.4 Å². The van der Waals surface area contributed by atoms with Crippen LogP contribution >= 0.6 is 11.6 Å². The van der Waals surface area contributed by atoms with E-state index in [9.17, 15) is 18.8 Å². The molecule has 39 heavy (non-hydrogen) atoms. The number of rotatable bonds is 7. The third-order valence-electron chi connectivity index (χ3n) is 6.50. The molecule has 0 saturated carbocycles. The molecule has 0 aliphatic carbocycles. The Morgan fingerprint density at radius 3 is 2.18 bits per heavy atom. The van der Waals surface area contributed by atoms with Crippen LogP contribution in [0, 0.1) is 5.82 Å². The summed E-state index contributed by atoms with van der Waals surface area (Å²) in [6, 6.07) is 19.7. The summed E-state index contributed by atoms with van der Waals surface area (Å²) in [7, 11) is 0. The number of benzene rings is 3. The number of urea groups is 1. The number of para-hydroxylation sites is 1. The largest absolute Gasteiger partial charge is 0.368 e. The maximum absolute atomic E-state index is 13.8. The number of nitrogens with one attached hydrogen (secondary N) is 2. The van der Waals surface area contributed by atoms with E-state index in [0.717, 1.165) is 5.69 Å². The lowest BCUT2D eigenvalue weighted by Gasteiger charge is -2.36. The van der Waals surface area contributed by atoms with Gasteiger partial charge in [0.2, 0.25) is 5.91 Å². The van der Waals surface area contributed by atoms with Crippen molar-refractivity contribution in [2.45, 2.75) is 19.9 Å². The second kappa shape index (κ2) is 12.6. The first-order chi connectivity index (χ1) is 18.7. The zero-order valence-electron chi connectivity index (χ0n) is 21.9. The van der Waals surface area contributed by atoms with Crippen molar-refractivity contribution >= 4 is 46.5 Å². The van der Waals surface area contributed by atoms with Gasteiger partial charge < -0.3 is 25.3 Å². The molecule has 4 amide bonds.